The predicted molar refractivity (Wildman–Crippen MR) is 105 cm³/mol. The number of Topliss-reactive ketones (excluding diaryl/α,β-unsaturated/α-hetero) is 1. The Morgan fingerprint density at radius 1 is 1.08 bits per heavy atom. The largest absolute Gasteiger partial charge is 0.306 e. The van der Waals surface area contributed by atoms with Gasteiger partial charge in [0.05, 0.1) is 10.6 Å². The standard InChI is InChI=1S/C19H30O4S2/c1-3-4-6-9-18(20)16-24(14-7-5-8-15-24)23-25(21,22)19-12-10-17(2)11-13-19/h10-13H,3-9,14-16H2,1-2H3. The molecule has 1 saturated heterocycles. The molecule has 0 amide bonds. The Kier molecular flexibility index (Phi) is 7.52. The number of benzene rings is 1. The normalized spacial score (nSPS) is 18.6. The maximum absolute atomic E-state index is 12.7. The van der Waals surface area contributed by atoms with Crippen molar-refractivity contribution < 1.29 is 16.8 Å². The van der Waals surface area contributed by atoms with Crippen LogP contribution in [0, 0.1) is 6.92 Å². The number of carbonyl (C=O) groups excluding carboxylic acids is 1. The molecule has 0 unspecified atom stereocenters. The van der Waals surface area contributed by atoms with E-state index in [0.29, 0.717) is 12.2 Å². The lowest BCUT2D eigenvalue weighted by Crippen LogP contribution is -2.27. The molecular weight excluding hydrogens is 356 g/mol. The fraction of sp³-hybridized carbons (Fsp3) is 0.632. The van der Waals surface area contributed by atoms with Crippen LogP contribution < -0.4 is 0 Å². The lowest BCUT2D eigenvalue weighted by Gasteiger charge is -2.40. The number of hydrogen-bond donors (Lipinski definition) is 0. The monoisotopic (exact) mass is 386 g/mol. The summed E-state index contributed by atoms with van der Waals surface area (Å²) >= 11 is 0. The number of rotatable bonds is 9. The van der Waals surface area contributed by atoms with E-state index in [0.717, 1.165) is 55.6 Å². The van der Waals surface area contributed by atoms with Gasteiger partial charge >= 0.3 is 10.1 Å². The molecular formula is C19H30O4S2. The molecule has 1 heterocycles. The van der Waals surface area contributed by atoms with E-state index in [4.69, 9.17) is 3.63 Å². The fourth-order valence-electron chi connectivity index (χ4n) is 3.12. The molecule has 1 aliphatic heterocycles. The first-order chi connectivity index (χ1) is 11.9. The summed E-state index contributed by atoms with van der Waals surface area (Å²) in [5.74, 6) is 1.89. The average Bonchev–Trinajstić information content (AvgIpc) is 2.55. The van der Waals surface area contributed by atoms with Gasteiger partial charge in [-0.05, 0) is 38.3 Å². The second-order valence-electron chi connectivity index (χ2n) is 6.91. The van der Waals surface area contributed by atoms with E-state index in [1.165, 1.54) is 0 Å². The Morgan fingerprint density at radius 3 is 2.32 bits per heavy atom. The molecule has 0 bridgehead atoms. The topological polar surface area (TPSA) is 60.4 Å². The van der Waals surface area contributed by atoms with E-state index in [9.17, 15) is 13.2 Å². The number of carbonyl (C=O) groups is 1. The highest BCUT2D eigenvalue weighted by molar-refractivity contribution is 8.33. The van der Waals surface area contributed by atoms with E-state index in [1.807, 2.05) is 6.92 Å². The van der Waals surface area contributed by atoms with Crippen LogP contribution in [0.3, 0.4) is 0 Å². The van der Waals surface area contributed by atoms with Crippen LogP contribution in [0.4, 0.5) is 0 Å². The van der Waals surface area contributed by atoms with Gasteiger partial charge in [-0.1, -0.05) is 43.9 Å². The van der Waals surface area contributed by atoms with Gasteiger partial charge in [0.25, 0.3) is 0 Å². The van der Waals surface area contributed by atoms with Crippen molar-refractivity contribution in [2.75, 3.05) is 17.3 Å². The SMILES string of the molecule is CCCCCC(=O)CS1(OS(=O)(=O)c2ccc(C)cc2)CCCCC1. The van der Waals surface area contributed by atoms with E-state index in [1.54, 1.807) is 24.3 Å². The van der Waals surface area contributed by atoms with Crippen molar-refractivity contribution in [3.63, 3.8) is 0 Å². The van der Waals surface area contributed by atoms with Crippen LogP contribution >= 0.6 is 10.3 Å². The lowest BCUT2D eigenvalue weighted by atomic mass is 10.2. The van der Waals surface area contributed by atoms with Gasteiger partial charge in [-0.15, -0.1) is 10.3 Å². The number of hydrogen-bond acceptors (Lipinski definition) is 4. The molecule has 6 heteroatoms. The zero-order chi connectivity index (χ0) is 18.3. The third-order valence-electron chi connectivity index (χ3n) is 4.56. The molecule has 4 nitrogen and oxygen atoms in total. The maximum atomic E-state index is 12.7. The first-order valence-electron chi connectivity index (χ1n) is 9.18. The smallest absolute Gasteiger partial charge is 0.299 e. The van der Waals surface area contributed by atoms with Gasteiger partial charge in [0.1, 0.15) is 5.78 Å². The van der Waals surface area contributed by atoms with Gasteiger partial charge in [0.2, 0.25) is 0 Å². The quantitative estimate of drug-likeness (QED) is 0.574. The number of aryl methyl sites for hydroxylation is 1. The van der Waals surface area contributed by atoms with Crippen molar-refractivity contribution in [3.05, 3.63) is 29.8 Å². The van der Waals surface area contributed by atoms with Crippen LogP contribution in [0.25, 0.3) is 0 Å². The highest BCUT2D eigenvalue weighted by Gasteiger charge is 2.35. The summed E-state index contributed by atoms with van der Waals surface area (Å²) in [7, 11) is -5.71. The summed E-state index contributed by atoms with van der Waals surface area (Å²) in [4.78, 5) is 12.6. The Labute approximate surface area is 154 Å². The number of unbranched alkanes of at least 4 members (excludes halogenated alkanes) is 2. The first kappa shape index (κ1) is 20.5. The molecule has 1 aromatic carbocycles. The number of ketones is 1. The minimum atomic E-state index is -3.82. The Balaban J connectivity index is 2.13. The van der Waals surface area contributed by atoms with Crippen molar-refractivity contribution in [3.8, 4) is 0 Å². The molecule has 25 heavy (non-hydrogen) atoms. The van der Waals surface area contributed by atoms with Crippen molar-refractivity contribution in [2.45, 2.75) is 63.7 Å². The van der Waals surface area contributed by atoms with Crippen LogP contribution in [0.5, 0.6) is 0 Å². The van der Waals surface area contributed by atoms with Gasteiger partial charge in [0, 0.05) is 17.9 Å². The molecule has 1 fully saturated rings. The van der Waals surface area contributed by atoms with Gasteiger partial charge in [-0.3, -0.25) is 4.79 Å². The summed E-state index contributed by atoms with van der Waals surface area (Å²) in [5.41, 5.74) is 1.00. The Hall–Kier alpha value is -0.850. The molecule has 1 aliphatic rings. The summed E-state index contributed by atoms with van der Waals surface area (Å²) in [6, 6.07) is 6.72. The molecule has 1 aromatic rings. The highest BCUT2D eigenvalue weighted by Crippen LogP contribution is 2.55. The van der Waals surface area contributed by atoms with Crippen molar-refractivity contribution >= 4 is 26.2 Å². The van der Waals surface area contributed by atoms with Gasteiger partial charge in [0.15, 0.2) is 0 Å². The highest BCUT2D eigenvalue weighted by atomic mass is 32.3. The van der Waals surface area contributed by atoms with E-state index >= 15 is 0 Å². The summed E-state index contributed by atoms with van der Waals surface area (Å²) in [6.45, 7) is 4.02. The zero-order valence-corrected chi connectivity index (χ0v) is 17.0. The minimum Gasteiger partial charge on any atom is -0.299 e. The summed E-state index contributed by atoms with van der Waals surface area (Å²) in [6.07, 6.45) is 6.51. The van der Waals surface area contributed by atoms with Crippen LogP contribution in [-0.4, -0.2) is 31.5 Å². The molecule has 0 spiro atoms. The van der Waals surface area contributed by atoms with Gasteiger partial charge in [-0.25, -0.2) is 3.63 Å². The molecule has 0 saturated carbocycles. The maximum Gasteiger partial charge on any atom is 0.306 e. The summed E-state index contributed by atoms with van der Waals surface area (Å²) in [5, 5.41) is 0. The van der Waals surface area contributed by atoms with Crippen LogP contribution in [0.1, 0.15) is 57.4 Å². The third kappa shape index (κ3) is 6.12. The van der Waals surface area contributed by atoms with Crippen LogP contribution in [-0.2, 0) is 18.5 Å². The molecule has 0 atom stereocenters. The zero-order valence-electron chi connectivity index (χ0n) is 15.3. The van der Waals surface area contributed by atoms with Gasteiger partial charge < -0.3 is 0 Å². The fourth-order valence-corrected chi connectivity index (χ4v) is 8.84. The van der Waals surface area contributed by atoms with Gasteiger partial charge in [-0.2, -0.15) is 8.42 Å². The Bertz CT molecular complexity index is 659. The lowest BCUT2D eigenvalue weighted by molar-refractivity contribution is -0.116. The molecule has 0 aromatic heterocycles. The predicted octanol–water partition coefficient (Wildman–Crippen LogP) is 4.75. The molecule has 0 aliphatic carbocycles. The van der Waals surface area contributed by atoms with E-state index in [-0.39, 0.29) is 10.7 Å². The van der Waals surface area contributed by atoms with Crippen molar-refractivity contribution in [1.29, 1.82) is 0 Å². The van der Waals surface area contributed by atoms with Crippen molar-refractivity contribution in [2.24, 2.45) is 0 Å². The van der Waals surface area contributed by atoms with Crippen molar-refractivity contribution in [1.82, 2.24) is 0 Å². The Morgan fingerprint density at radius 2 is 1.72 bits per heavy atom. The van der Waals surface area contributed by atoms with E-state index < -0.39 is 20.4 Å². The van der Waals surface area contributed by atoms with E-state index in [2.05, 4.69) is 6.92 Å². The minimum absolute atomic E-state index is 0.157. The molecule has 2 rings (SSSR count). The second kappa shape index (κ2) is 9.19. The second-order valence-corrected chi connectivity index (χ2v) is 11.9. The molecule has 0 N–H and O–H groups in total. The summed E-state index contributed by atoms with van der Waals surface area (Å²) < 4.78 is 31.3. The molecule has 142 valence electrons. The third-order valence-corrected chi connectivity index (χ3v) is 10.2. The van der Waals surface area contributed by atoms with Crippen LogP contribution in [0.2, 0.25) is 0 Å². The average molecular weight is 387 g/mol. The first-order valence-corrected chi connectivity index (χ1v) is 12.7. The molecule has 0 radical (unpaired) electrons. The van der Waals surface area contributed by atoms with Crippen LogP contribution in [0.15, 0.2) is 29.2 Å².